The number of pyridine rings is 1. The number of nitro groups is 1. The fraction of sp³-hybridized carbons (Fsp3) is 0.143. The average molecular weight is 445 g/mol. The van der Waals surface area contributed by atoms with Crippen molar-refractivity contribution in [3.63, 3.8) is 0 Å². The Morgan fingerprint density at radius 3 is 2.67 bits per heavy atom. The van der Waals surface area contributed by atoms with E-state index in [4.69, 9.17) is 0 Å². The normalized spacial score (nSPS) is 12.4. The van der Waals surface area contributed by atoms with Crippen LogP contribution in [0.2, 0.25) is 0 Å². The lowest BCUT2D eigenvalue weighted by Crippen LogP contribution is -2.31. The number of rotatable bonds is 7. The number of aromatic nitrogens is 3. The van der Waals surface area contributed by atoms with Gasteiger partial charge in [0.15, 0.2) is 11.6 Å². The number of non-ortho nitro benzene ring substituents is 1. The highest BCUT2D eigenvalue weighted by atomic mass is 16.6. The second kappa shape index (κ2) is 8.67. The van der Waals surface area contributed by atoms with Gasteiger partial charge in [-0.05, 0) is 24.6 Å². The molecule has 0 bridgehead atoms. The van der Waals surface area contributed by atoms with Gasteiger partial charge < -0.3 is 5.32 Å². The van der Waals surface area contributed by atoms with E-state index in [0.717, 1.165) is 11.0 Å². The summed E-state index contributed by atoms with van der Waals surface area (Å²) in [5.41, 5.74) is -0.0746. The number of nitrogens with one attached hydrogen (secondary N) is 1. The summed E-state index contributed by atoms with van der Waals surface area (Å²) < 4.78 is 1.33. The van der Waals surface area contributed by atoms with E-state index in [-0.39, 0.29) is 47.6 Å². The fourth-order valence-corrected chi connectivity index (χ4v) is 3.39. The van der Waals surface area contributed by atoms with E-state index in [2.05, 4.69) is 15.4 Å². The summed E-state index contributed by atoms with van der Waals surface area (Å²) >= 11 is 0. The highest BCUT2D eigenvalue weighted by Crippen LogP contribution is 2.27. The van der Waals surface area contributed by atoms with Gasteiger partial charge in [-0.25, -0.2) is 4.98 Å². The number of imide groups is 1. The molecule has 0 spiro atoms. The third-order valence-corrected chi connectivity index (χ3v) is 4.96. The maximum Gasteiger partial charge on any atom is 0.270 e. The molecule has 3 heterocycles. The van der Waals surface area contributed by atoms with Crippen LogP contribution in [0.1, 0.15) is 39.1 Å². The van der Waals surface area contributed by atoms with Crippen LogP contribution in [0.3, 0.4) is 0 Å². The molecule has 12 heteroatoms. The largest absolute Gasteiger partial charge is 0.309 e. The topological polar surface area (TPSA) is 164 Å². The van der Waals surface area contributed by atoms with Gasteiger partial charge in [0.05, 0.1) is 22.2 Å². The molecular weight excluding hydrogens is 430 g/mol. The number of nitriles is 1. The van der Waals surface area contributed by atoms with E-state index < -0.39 is 22.6 Å². The molecule has 12 nitrogen and oxygen atoms in total. The zero-order valence-corrected chi connectivity index (χ0v) is 17.0. The molecule has 0 atom stereocenters. The minimum absolute atomic E-state index is 0.0309. The number of hydrogen-bond donors (Lipinski definition) is 1. The number of fused-ring (bicyclic) bond motifs is 1. The van der Waals surface area contributed by atoms with Crippen molar-refractivity contribution in [1.82, 2.24) is 19.7 Å². The lowest BCUT2D eigenvalue weighted by atomic mass is 10.1. The Labute approximate surface area is 186 Å². The summed E-state index contributed by atoms with van der Waals surface area (Å²) in [6.45, 7) is -0.0435. The van der Waals surface area contributed by atoms with Crippen LogP contribution in [0.5, 0.6) is 0 Å². The lowest BCUT2D eigenvalue weighted by molar-refractivity contribution is -0.384. The average Bonchev–Trinajstić information content (AvgIpc) is 3.33. The number of anilines is 1. The van der Waals surface area contributed by atoms with Gasteiger partial charge in [0, 0.05) is 31.3 Å². The highest BCUT2D eigenvalue weighted by Gasteiger charge is 2.36. The van der Waals surface area contributed by atoms with Gasteiger partial charge in [0.1, 0.15) is 11.6 Å². The second-order valence-electron chi connectivity index (χ2n) is 7.02. The highest BCUT2D eigenvalue weighted by molar-refractivity contribution is 6.21. The van der Waals surface area contributed by atoms with Gasteiger partial charge >= 0.3 is 0 Å². The van der Waals surface area contributed by atoms with Gasteiger partial charge in [-0.3, -0.25) is 29.4 Å². The standard InChI is InChI=1S/C21H15N7O5/c22-11-13-12-24-27(17-4-1-2-8-23-17)19(13)25-18(29)5-3-9-26-20(30)15-7-6-14(28(32)33)10-16(15)21(26)31/h1-2,4,6-8,10,12H,3,5,9H2,(H,25,29). The maximum atomic E-state index is 12.5. The molecule has 2 aromatic heterocycles. The first-order chi connectivity index (χ1) is 15.9. The minimum Gasteiger partial charge on any atom is -0.309 e. The predicted molar refractivity (Wildman–Crippen MR) is 112 cm³/mol. The molecule has 33 heavy (non-hydrogen) atoms. The summed E-state index contributed by atoms with van der Waals surface area (Å²) in [7, 11) is 0. The van der Waals surface area contributed by atoms with E-state index in [1.807, 2.05) is 6.07 Å². The quantitative estimate of drug-likeness (QED) is 0.328. The molecular formula is C21H15N7O5. The van der Waals surface area contributed by atoms with Crippen molar-refractivity contribution in [3.8, 4) is 11.9 Å². The van der Waals surface area contributed by atoms with Crippen molar-refractivity contribution in [2.75, 3.05) is 11.9 Å². The van der Waals surface area contributed by atoms with Crippen molar-refractivity contribution < 1.29 is 19.3 Å². The first kappa shape index (κ1) is 21.3. The Kier molecular flexibility index (Phi) is 5.60. The monoisotopic (exact) mass is 445 g/mol. The number of carbonyl (C=O) groups excluding carboxylic acids is 3. The van der Waals surface area contributed by atoms with Crippen LogP contribution < -0.4 is 5.32 Å². The van der Waals surface area contributed by atoms with Crippen molar-refractivity contribution >= 4 is 29.2 Å². The molecule has 0 fully saturated rings. The Balaban J connectivity index is 1.40. The summed E-state index contributed by atoms with van der Waals surface area (Å²) in [6, 6.07) is 10.6. The Hall–Kier alpha value is -4.92. The Morgan fingerprint density at radius 1 is 1.18 bits per heavy atom. The Morgan fingerprint density at radius 2 is 1.97 bits per heavy atom. The van der Waals surface area contributed by atoms with Gasteiger partial charge in [-0.2, -0.15) is 15.0 Å². The van der Waals surface area contributed by atoms with Crippen molar-refractivity contribution in [2.24, 2.45) is 0 Å². The van der Waals surface area contributed by atoms with Gasteiger partial charge in [-0.1, -0.05) is 6.07 Å². The molecule has 3 amide bonds. The molecule has 1 N–H and O–H groups in total. The van der Waals surface area contributed by atoms with Crippen LogP contribution in [0.25, 0.3) is 5.82 Å². The van der Waals surface area contributed by atoms with Crippen molar-refractivity contribution in [1.29, 1.82) is 5.26 Å². The van der Waals surface area contributed by atoms with E-state index in [0.29, 0.717) is 5.82 Å². The fourth-order valence-electron chi connectivity index (χ4n) is 3.39. The molecule has 0 saturated carbocycles. The SMILES string of the molecule is N#Cc1cnn(-c2ccccn2)c1NC(=O)CCCN1C(=O)c2ccc([N+](=O)[O-])cc2C1=O. The molecule has 164 valence electrons. The summed E-state index contributed by atoms with van der Waals surface area (Å²) in [6.07, 6.45) is 2.96. The molecule has 3 aromatic rings. The van der Waals surface area contributed by atoms with E-state index in [9.17, 15) is 29.8 Å². The molecule has 0 saturated heterocycles. The molecule has 1 aliphatic rings. The molecule has 1 aliphatic heterocycles. The molecule has 0 radical (unpaired) electrons. The third-order valence-electron chi connectivity index (χ3n) is 4.96. The van der Waals surface area contributed by atoms with Crippen molar-refractivity contribution in [3.05, 3.63) is 75.6 Å². The van der Waals surface area contributed by atoms with E-state index >= 15 is 0 Å². The van der Waals surface area contributed by atoms with Crippen LogP contribution in [0.4, 0.5) is 11.5 Å². The minimum atomic E-state index is -0.643. The van der Waals surface area contributed by atoms with Crippen LogP contribution in [-0.4, -0.2) is 48.9 Å². The third kappa shape index (κ3) is 4.02. The summed E-state index contributed by atoms with van der Waals surface area (Å²) in [5, 5.41) is 27.0. The number of carbonyl (C=O) groups is 3. The smallest absolute Gasteiger partial charge is 0.270 e. The molecule has 0 aliphatic carbocycles. The molecule has 1 aromatic carbocycles. The van der Waals surface area contributed by atoms with Crippen molar-refractivity contribution in [2.45, 2.75) is 12.8 Å². The number of amides is 3. The molecule has 0 unspecified atom stereocenters. The van der Waals surface area contributed by atoms with Crippen LogP contribution in [-0.2, 0) is 4.79 Å². The zero-order valence-electron chi connectivity index (χ0n) is 17.0. The van der Waals surface area contributed by atoms with Gasteiger partial charge in [0.2, 0.25) is 5.91 Å². The number of hydrogen-bond acceptors (Lipinski definition) is 8. The van der Waals surface area contributed by atoms with E-state index in [1.165, 1.54) is 23.0 Å². The Bertz CT molecular complexity index is 1330. The maximum absolute atomic E-state index is 12.5. The predicted octanol–water partition coefficient (Wildman–Crippen LogP) is 2.06. The number of nitrogens with zero attached hydrogens (tertiary/aromatic N) is 6. The summed E-state index contributed by atoms with van der Waals surface area (Å²) in [5.74, 6) is -1.08. The second-order valence-corrected chi connectivity index (χ2v) is 7.02. The van der Waals surface area contributed by atoms with Gasteiger partial charge in [0.25, 0.3) is 17.5 Å². The first-order valence-corrected chi connectivity index (χ1v) is 9.74. The number of benzene rings is 1. The van der Waals surface area contributed by atoms with Crippen LogP contribution in [0.15, 0.2) is 48.8 Å². The lowest BCUT2D eigenvalue weighted by Gasteiger charge is -2.13. The number of nitro benzene ring substituents is 1. The summed E-state index contributed by atoms with van der Waals surface area (Å²) in [4.78, 5) is 52.9. The zero-order chi connectivity index (χ0) is 23.5. The van der Waals surface area contributed by atoms with Gasteiger partial charge in [-0.15, -0.1) is 0 Å². The first-order valence-electron chi connectivity index (χ1n) is 9.74. The van der Waals surface area contributed by atoms with Crippen LogP contribution in [0, 0.1) is 21.4 Å². The van der Waals surface area contributed by atoms with Crippen LogP contribution >= 0.6 is 0 Å². The molecule has 4 rings (SSSR count). The van der Waals surface area contributed by atoms with E-state index in [1.54, 1.807) is 24.4 Å².